The van der Waals surface area contributed by atoms with Crippen LogP contribution in [0.3, 0.4) is 0 Å². The molecule has 0 bridgehead atoms. The standard InChI is InChI=1S/C21H25N5O.2C2HF3O2/c22-13-19-3-1-4-20(24-19)26-11-12-27-17-21(16-26)7-2-10-25(15-21)14-18-5-8-23-9-6-18;2*3-2(4,5)1(6)7/h1,3-6,8-9H,2,7,10-12,14-17H2;2*(H,6,7). The molecule has 0 amide bonds. The Morgan fingerprint density at radius 1 is 1.00 bits per heavy atom. The van der Waals surface area contributed by atoms with Crippen molar-refractivity contribution >= 4 is 17.8 Å². The van der Waals surface area contributed by atoms with E-state index in [-0.39, 0.29) is 5.41 Å². The second-order valence-electron chi connectivity index (χ2n) is 9.24. The number of likely N-dealkylation sites (tertiary alicyclic amines) is 1. The number of anilines is 1. The van der Waals surface area contributed by atoms with Crippen molar-refractivity contribution in [2.75, 3.05) is 44.3 Å². The summed E-state index contributed by atoms with van der Waals surface area (Å²) in [5.74, 6) is -4.63. The van der Waals surface area contributed by atoms with E-state index in [1.54, 1.807) is 6.07 Å². The van der Waals surface area contributed by atoms with Gasteiger partial charge in [-0.25, -0.2) is 14.6 Å². The van der Waals surface area contributed by atoms with Gasteiger partial charge in [0, 0.05) is 44.0 Å². The lowest BCUT2D eigenvalue weighted by atomic mass is 9.80. The maximum atomic E-state index is 10.6. The molecule has 1 unspecified atom stereocenters. The Balaban J connectivity index is 0.000000349. The highest BCUT2D eigenvalue weighted by Crippen LogP contribution is 2.34. The molecule has 4 heterocycles. The van der Waals surface area contributed by atoms with Crippen molar-refractivity contribution in [3.05, 3.63) is 54.0 Å². The van der Waals surface area contributed by atoms with Gasteiger partial charge in [0.2, 0.25) is 0 Å². The minimum atomic E-state index is -5.08. The lowest BCUT2D eigenvalue weighted by Gasteiger charge is -2.43. The van der Waals surface area contributed by atoms with E-state index < -0.39 is 24.3 Å². The fourth-order valence-corrected chi connectivity index (χ4v) is 4.29. The van der Waals surface area contributed by atoms with Crippen LogP contribution in [0.1, 0.15) is 24.1 Å². The van der Waals surface area contributed by atoms with E-state index in [1.807, 2.05) is 24.5 Å². The number of piperidine rings is 1. The van der Waals surface area contributed by atoms with Crippen LogP contribution in [0.5, 0.6) is 0 Å². The van der Waals surface area contributed by atoms with Crippen LogP contribution in [0.2, 0.25) is 0 Å². The Morgan fingerprint density at radius 3 is 2.17 bits per heavy atom. The van der Waals surface area contributed by atoms with Crippen LogP contribution < -0.4 is 4.90 Å². The molecular weight excluding hydrogens is 564 g/mol. The third kappa shape index (κ3) is 11.2. The van der Waals surface area contributed by atoms with Gasteiger partial charge in [-0.15, -0.1) is 0 Å². The van der Waals surface area contributed by atoms with Gasteiger partial charge < -0.3 is 19.8 Å². The number of hydrogen-bond acceptors (Lipinski definition) is 8. The molecule has 2 aliphatic heterocycles. The summed E-state index contributed by atoms with van der Waals surface area (Å²) >= 11 is 0. The largest absolute Gasteiger partial charge is 0.490 e. The molecule has 2 N–H and O–H groups in total. The molecule has 4 rings (SSSR count). The van der Waals surface area contributed by atoms with E-state index in [9.17, 15) is 26.3 Å². The third-order valence-electron chi connectivity index (χ3n) is 5.99. The minimum Gasteiger partial charge on any atom is -0.475 e. The molecule has 2 aromatic heterocycles. The summed E-state index contributed by atoms with van der Waals surface area (Å²) in [5.41, 5.74) is 1.87. The van der Waals surface area contributed by atoms with Gasteiger partial charge >= 0.3 is 24.3 Å². The molecule has 10 nitrogen and oxygen atoms in total. The van der Waals surface area contributed by atoms with Crippen LogP contribution in [0.25, 0.3) is 0 Å². The Hall–Kier alpha value is -3.97. The molecule has 16 heteroatoms. The van der Waals surface area contributed by atoms with Crippen LogP contribution in [-0.2, 0) is 20.9 Å². The molecule has 2 aromatic rings. The number of pyridine rings is 2. The van der Waals surface area contributed by atoms with Crippen molar-refractivity contribution in [1.29, 1.82) is 5.26 Å². The zero-order chi connectivity index (χ0) is 30.7. The molecule has 1 atom stereocenters. The summed E-state index contributed by atoms with van der Waals surface area (Å²) in [5, 5.41) is 23.4. The molecule has 224 valence electrons. The number of aliphatic carboxylic acids is 2. The molecule has 2 aliphatic rings. The van der Waals surface area contributed by atoms with Crippen molar-refractivity contribution in [2.24, 2.45) is 5.41 Å². The molecular formula is C25H27F6N5O5. The van der Waals surface area contributed by atoms with Gasteiger partial charge in [0.15, 0.2) is 0 Å². The summed E-state index contributed by atoms with van der Waals surface area (Å²) < 4.78 is 69.5. The second-order valence-corrected chi connectivity index (χ2v) is 9.24. The van der Waals surface area contributed by atoms with Crippen LogP contribution >= 0.6 is 0 Å². The molecule has 41 heavy (non-hydrogen) atoms. The van der Waals surface area contributed by atoms with Gasteiger partial charge in [-0.3, -0.25) is 9.88 Å². The summed E-state index contributed by atoms with van der Waals surface area (Å²) in [7, 11) is 0. The van der Waals surface area contributed by atoms with Crippen molar-refractivity contribution in [2.45, 2.75) is 31.7 Å². The molecule has 0 aromatic carbocycles. The fraction of sp³-hybridized carbons (Fsp3) is 0.480. The van der Waals surface area contributed by atoms with E-state index in [2.05, 4.69) is 38.0 Å². The summed E-state index contributed by atoms with van der Waals surface area (Å²) in [6, 6.07) is 12.0. The molecule has 2 fully saturated rings. The number of halogens is 6. The number of alkyl halides is 6. The normalized spacial score (nSPS) is 19.5. The maximum Gasteiger partial charge on any atom is 0.490 e. The number of hydrogen-bond donors (Lipinski definition) is 2. The predicted octanol–water partition coefficient (Wildman–Crippen LogP) is 3.73. The maximum absolute atomic E-state index is 10.6. The van der Waals surface area contributed by atoms with E-state index in [0.29, 0.717) is 12.3 Å². The fourth-order valence-electron chi connectivity index (χ4n) is 4.29. The van der Waals surface area contributed by atoms with Crippen LogP contribution in [0.15, 0.2) is 42.7 Å². The van der Waals surface area contributed by atoms with Gasteiger partial charge in [-0.2, -0.15) is 31.6 Å². The monoisotopic (exact) mass is 591 g/mol. The average molecular weight is 592 g/mol. The summed E-state index contributed by atoms with van der Waals surface area (Å²) in [4.78, 5) is 31.2. The highest BCUT2D eigenvalue weighted by Gasteiger charge is 2.40. The number of nitriles is 1. The smallest absolute Gasteiger partial charge is 0.475 e. The third-order valence-corrected chi connectivity index (χ3v) is 5.99. The first-order valence-corrected chi connectivity index (χ1v) is 12.1. The highest BCUT2D eigenvalue weighted by atomic mass is 19.4. The number of nitrogens with zero attached hydrogens (tertiary/aromatic N) is 5. The number of ether oxygens (including phenoxy) is 1. The number of carboxylic acid groups (broad SMARTS) is 2. The predicted molar refractivity (Wildman–Crippen MR) is 131 cm³/mol. The van der Waals surface area contributed by atoms with Crippen molar-refractivity contribution < 1.29 is 50.9 Å². The molecule has 0 saturated carbocycles. The average Bonchev–Trinajstić information content (AvgIpc) is 3.11. The molecule has 2 saturated heterocycles. The Kier molecular flexibility index (Phi) is 11.8. The van der Waals surface area contributed by atoms with E-state index in [1.165, 1.54) is 12.0 Å². The van der Waals surface area contributed by atoms with E-state index >= 15 is 0 Å². The Bertz CT molecular complexity index is 1170. The number of rotatable bonds is 3. The van der Waals surface area contributed by atoms with Gasteiger partial charge in [-0.05, 0) is 49.2 Å². The van der Waals surface area contributed by atoms with Gasteiger partial charge in [0.05, 0.1) is 13.2 Å². The first-order valence-electron chi connectivity index (χ1n) is 12.1. The van der Waals surface area contributed by atoms with E-state index in [4.69, 9.17) is 29.8 Å². The molecule has 0 radical (unpaired) electrons. The number of carboxylic acids is 2. The van der Waals surface area contributed by atoms with Gasteiger partial charge in [0.1, 0.15) is 17.6 Å². The highest BCUT2D eigenvalue weighted by molar-refractivity contribution is 5.73. The summed E-state index contributed by atoms with van der Waals surface area (Å²) in [6.45, 7) is 6.30. The van der Waals surface area contributed by atoms with E-state index in [0.717, 1.165) is 51.6 Å². The SMILES string of the molecule is N#Cc1cccc(N2CCOCC3(CCCN(Cc4ccncc4)C3)C2)n1.O=C(O)C(F)(F)F.O=C(O)C(F)(F)F. The topological polar surface area (TPSA) is 140 Å². The second kappa shape index (κ2) is 14.6. The Morgan fingerprint density at radius 2 is 1.61 bits per heavy atom. The van der Waals surface area contributed by atoms with Gasteiger partial charge in [0.25, 0.3) is 0 Å². The molecule has 1 spiro atoms. The summed E-state index contributed by atoms with van der Waals surface area (Å²) in [6.07, 6.45) is -4.11. The van der Waals surface area contributed by atoms with Crippen molar-refractivity contribution in [3.63, 3.8) is 0 Å². The number of aromatic nitrogens is 2. The van der Waals surface area contributed by atoms with Crippen LogP contribution in [-0.4, -0.2) is 88.8 Å². The minimum absolute atomic E-state index is 0.103. The van der Waals surface area contributed by atoms with Crippen molar-refractivity contribution in [3.8, 4) is 6.07 Å². The first-order chi connectivity index (χ1) is 19.1. The van der Waals surface area contributed by atoms with Crippen LogP contribution in [0, 0.1) is 16.7 Å². The lowest BCUT2D eigenvalue weighted by Crippen LogP contribution is -2.50. The van der Waals surface area contributed by atoms with Crippen LogP contribution in [0.4, 0.5) is 32.2 Å². The zero-order valence-electron chi connectivity index (χ0n) is 21.5. The quantitative estimate of drug-likeness (QED) is 0.508. The lowest BCUT2D eigenvalue weighted by molar-refractivity contribution is -0.193. The van der Waals surface area contributed by atoms with Gasteiger partial charge in [-0.1, -0.05) is 6.07 Å². The molecule has 0 aliphatic carbocycles. The zero-order valence-corrected chi connectivity index (χ0v) is 21.5. The first kappa shape index (κ1) is 33.2. The van der Waals surface area contributed by atoms with Crippen molar-refractivity contribution in [1.82, 2.24) is 14.9 Å². The Labute approximate surface area is 230 Å². The number of carbonyl (C=O) groups is 2.